The van der Waals surface area contributed by atoms with Gasteiger partial charge in [0.1, 0.15) is 12.1 Å². The van der Waals surface area contributed by atoms with E-state index >= 15 is 0 Å². The predicted octanol–water partition coefficient (Wildman–Crippen LogP) is 3.78. The fourth-order valence-corrected chi connectivity index (χ4v) is 2.69. The standard InChI is InChI=1S/C21H23FN4O/c1-23-21(24-12-6-8-16-7-5-11-18(22)13-16)25-14-19-15-27-20(26-19)17-9-3-2-4-10-17/h2-5,7,9-11,13,15H,6,8,12,14H2,1H3,(H2,23,24,25). The Hall–Kier alpha value is -3.15. The van der Waals surface area contributed by atoms with Gasteiger partial charge in [-0.15, -0.1) is 0 Å². The van der Waals surface area contributed by atoms with Crippen LogP contribution >= 0.6 is 0 Å². The van der Waals surface area contributed by atoms with Gasteiger partial charge in [-0.25, -0.2) is 9.37 Å². The maximum atomic E-state index is 13.2. The highest BCUT2D eigenvalue weighted by Crippen LogP contribution is 2.17. The minimum atomic E-state index is -0.194. The highest BCUT2D eigenvalue weighted by Gasteiger charge is 2.07. The van der Waals surface area contributed by atoms with Crippen LogP contribution in [0, 0.1) is 5.82 Å². The van der Waals surface area contributed by atoms with Gasteiger partial charge in [0.25, 0.3) is 0 Å². The monoisotopic (exact) mass is 366 g/mol. The average Bonchev–Trinajstić information content (AvgIpc) is 3.17. The number of aliphatic imine (C=N–C) groups is 1. The Bertz CT molecular complexity index is 877. The van der Waals surface area contributed by atoms with E-state index in [0.717, 1.165) is 36.2 Å². The third-order valence-electron chi connectivity index (χ3n) is 4.06. The number of benzene rings is 2. The van der Waals surface area contributed by atoms with Gasteiger partial charge >= 0.3 is 0 Å². The van der Waals surface area contributed by atoms with Crippen molar-refractivity contribution < 1.29 is 8.81 Å². The van der Waals surface area contributed by atoms with Crippen LogP contribution in [0.3, 0.4) is 0 Å². The molecule has 3 rings (SSSR count). The maximum Gasteiger partial charge on any atom is 0.226 e. The first-order valence-corrected chi connectivity index (χ1v) is 8.93. The van der Waals surface area contributed by atoms with Crippen molar-refractivity contribution in [2.75, 3.05) is 13.6 Å². The fraction of sp³-hybridized carbons (Fsp3) is 0.238. The fourth-order valence-electron chi connectivity index (χ4n) is 2.69. The minimum absolute atomic E-state index is 0.194. The molecule has 0 aliphatic heterocycles. The number of oxazole rings is 1. The van der Waals surface area contributed by atoms with E-state index in [4.69, 9.17) is 4.42 Å². The number of halogens is 1. The van der Waals surface area contributed by atoms with Crippen LogP contribution in [0.5, 0.6) is 0 Å². The summed E-state index contributed by atoms with van der Waals surface area (Å²) in [5.41, 5.74) is 2.75. The number of nitrogens with one attached hydrogen (secondary N) is 2. The van der Waals surface area contributed by atoms with E-state index in [9.17, 15) is 4.39 Å². The summed E-state index contributed by atoms with van der Waals surface area (Å²) in [5.74, 6) is 1.10. The van der Waals surface area contributed by atoms with Gasteiger partial charge in [0.05, 0.1) is 12.2 Å². The van der Waals surface area contributed by atoms with Gasteiger partial charge in [-0.05, 0) is 42.7 Å². The second-order valence-electron chi connectivity index (χ2n) is 6.10. The maximum absolute atomic E-state index is 13.2. The number of nitrogens with zero attached hydrogens (tertiary/aromatic N) is 2. The molecule has 0 saturated heterocycles. The molecule has 1 aromatic heterocycles. The molecular formula is C21H23FN4O. The summed E-state index contributed by atoms with van der Waals surface area (Å²) in [4.78, 5) is 8.69. The molecule has 140 valence electrons. The van der Waals surface area contributed by atoms with Crippen LogP contribution in [0.2, 0.25) is 0 Å². The van der Waals surface area contributed by atoms with Gasteiger partial charge in [-0.3, -0.25) is 4.99 Å². The molecule has 0 saturated carbocycles. The Morgan fingerprint density at radius 1 is 1.11 bits per heavy atom. The zero-order valence-electron chi connectivity index (χ0n) is 15.3. The van der Waals surface area contributed by atoms with E-state index in [1.165, 1.54) is 6.07 Å². The Labute approximate surface area is 158 Å². The molecule has 1 heterocycles. The van der Waals surface area contributed by atoms with Crippen molar-refractivity contribution in [3.8, 4) is 11.5 Å². The summed E-state index contributed by atoms with van der Waals surface area (Å²) in [6.45, 7) is 1.25. The van der Waals surface area contributed by atoms with Crippen molar-refractivity contribution in [1.82, 2.24) is 15.6 Å². The number of rotatable bonds is 7. The van der Waals surface area contributed by atoms with Crippen molar-refractivity contribution in [2.24, 2.45) is 4.99 Å². The van der Waals surface area contributed by atoms with Crippen LogP contribution in [-0.2, 0) is 13.0 Å². The van der Waals surface area contributed by atoms with Gasteiger partial charge in [0.15, 0.2) is 5.96 Å². The van der Waals surface area contributed by atoms with Gasteiger partial charge in [0, 0.05) is 19.2 Å². The molecule has 5 nitrogen and oxygen atoms in total. The number of hydrogen-bond donors (Lipinski definition) is 2. The Morgan fingerprint density at radius 3 is 2.74 bits per heavy atom. The first-order chi connectivity index (χ1) is 13.2. The zero-order valence-corrected chi connectivity index (χ0v) is 15.3. The van der Waals surface area contributed by atoms with Crippen molar-refractivity contribution in [1.29, 1.82) is 0 Å². The largest absolute Gasteiger partial charge is 0.444 e. The number of aryl methyl sites for hydroxylation is 1. The highest BCUT2D eigenvalue weighted by atomic mass is 19.1. The van der Waals surface area contributed by atoms with Gasteiger partial charge in [-0.1, -0.05) is 30.3 Å². The van der Waals surface area contributed by atoms with Gasteiger partial charge < -0.3 is 15.1 Å². The topological polar surface area (TPSA) is 62.5 Å². The van der Waals surface area contributed by atoms with Crippen LogP contribution in [0.1, 0.15) is 17.7 Å². The molecule has 27 heavy (non-hydrogen) atoms. The molecule has 0 spiro atoms. The lowest BCUT2D eigenvalue weighted by Crippen LogP contribution is -2.37. The average molecular weight is 366 g/mol. The minimum Gasteiger partial charge on any atom is -0.444 e. The number of aromatic nitrogens is 1. The summed E-state index contributed by atoms with van der Waals surface area (Å²) in [6, 6.07) is 16.5. The molecular weight excluding hydrogens is 343 g/mol. The smallest absolute Gasteiger partial charge is 0.226 e. The molecule has 2 N–H and O–H groups in total. The van der Waals surface area contributed by atoms with Crippen LogP contribution < -0.4 is 10.6 Å². The number of hydrogen-bond acceptors (Lipinski definition) is 3. The molecule has 0 unspecified atom stereocenters. The van der Waals surface area contributed by atoms with E-state index in [-0.39, 0.29) is 5.82 Å². The van der Waals surface area contributed by atoms with Crippen LogP contribution in [0.15, 0.2) is 70.3 Å². The molecule has 0 fully saturated rings. The molecule has 0 bridgehead atoms. The SMILES string of the molecule is CN=C(NCCCc1cccc(F)c1)NCc1coc(-c2ccccc2)n1. The van der Waals surface area contributed by atoms with Crippen LogP contribution in [0.4, 0.5) is 4.39 Å². The predicted molar refractivity (Wildman–Crippen MR) is 105 cm³/mol. The summed E-state index contributed by atoms with van der Waals surface area (Å²) in [7, 11) is 1.72. The summed E-state index contributed by atoms with van der Waals surface area (Å²) in [6.07, 6.45) is 3.34. The Kier molecular flexibility index (Phi) is 6.57. The highest BCUT2D eigenvalue weighted by molar-refractivity contribution is 5.79. The zero-order chi connectivity index (χ0) is 18.9. The van der Waals surface area contributed by atoms with E-state index in [0.29, 0.717) is 18.4 Å². The Balaban J connectivity index is 1.42. The molecule has 0 atom stereocenters. The van der Waals surface area contributed by atoms with Gasteiger partial charge in [-0.2, -0.15) is 0 Å². The molecule has 0 radical (unpaired) electrons. The van der Waals surface area contributed by atoms with Crippen molar-refractivity contribution in [2.45, 2.75) is 19.4 Å². The van der Waals surface area contributed by atoms with Crippen molar-refractivity contribution >= 4 is 5.96 Å². The van der Waals surface area contributed by atoms with Gasteiger partial charge in [0.2, 0.25) is 5.89 Å². The summed E-state index contributed by atoms with van der Waals surface area (Å²) >= 11 is 0. The molecule has 0 aliphatic rings. The normalized spacial score (nSPS) is 11.4. The van der Waals surface area contributed by atoms with Crippen molar-refractivity contribution in [3.63, 3.8) is 0 Å². The summed E-state index contributed by atoms with van der Waals surface area (Å²) < 4.78 is 18.7. The number of guanidine groups is 1. The van der Waals surface area contributed by atoms with E-state index < -0.39 is 0 Å². The lowest BCUT2D eigenvalue weighted by atomic mass is 10.1. The van der Waals surface area contributed by atoms with E-state index in [1.807, 2.05) is 36.4 Å². The second-order valence-corrected chi connectivity index (χ2v) is 6.10. The van der Waals surface area contributed by atoms with Crippen LogP contribution in [-0.4, -0.2) is 24.5 Å². The third kappa shape index (κ3) is 5.67. The van der Waals surface area contributed by atoms with Crippen LogP contribution in [0.25, 0.3) is 11.5 Å². The molecule has 0 aliphatic carbocycles. The summed E-state index contributed by atoms with van der Waals surface area (Å²) in [5, 5.41) is 6.46. The molecule has 0 amide bonds. The van der Waals surface area contributed by atoms with E-state index in [1.54, 1.807) is 25.4 Å². The lowest BCUT2D eigenvalue weighted by molar-refractivity contribution is 0.572. The van der Waals surface area contributed by atoms with Crippen molar-refractivity contribution in [3.05, 3.63) is 77.9 Å². The second kappa shape index (κ2) is 9.52. The third-order valence-corrected chi connectivity index (χ3v) is 4.06. The van der Waals surface area contributed by atoms with E-state index in [2.05, 4.69) is 20.6 Å². The quantitative estimate of drug-likeness (QED) is 0.379. The first-order valence-electron chi connectivity index (χ1n) is 8.93. The Morgan fingerprint density at radius 2 is 1.96 bits per heavy atom. The molecule has 3 aromatic rings. The molecule has 2 aromatic carbocycles. The lowest BCUT2D eigenvalue weighted by Gasteiger charge is -2.10. The molecule has 6 heteroatoms. The first kappa shape index (κ1) is 18.6.